The number of benzene rings is 1. The molecule has 0 amide bonds. The fourth-order valence-corrected chi connectivity index (χ4v) is 2.95. The molecule has 0 spiro atoms. The van der Waals surface area contributed by atoms with Crippen molar-refractivity contribution in [3.63, 3.8) is 0 Å². The van der Waals surface area contributed by atoms with Crippen LogP contribution in [-0.2, 0) is 0 Å². The van der Waals surface area contributed by atoms with Crippen molar-refractivity contribution in [2.24, 2.45) is 5.73 Å². The van der Waals surface area contributed by atoms with Crippen LogP contribution in [0.5, 0.6) is 0 Å². The predicted octanol–water partition coefficient (Wildman–Crippen LogP) is 2.06. The highest BCUT2D eigenvalue weighted by Crippen LogP contribution is 2.27. The maximum Gasteiger partial charge on any atom is 0.123 e. The van der Waals surface area contributed by atoms with Gasteiger partial charge in [-0.25, -0.2) is 4.39 Å². The zero-order valence-corrected chi connectivity index (χ0v) is 11.3. The van der Waals surface area contributed by atoms with Gasteiger partial charge in [-0.15, -0.1) is 0 Å². The Hall–Kier alpha value is -0.970. The first-order valence-electron chi connectivity index (χ1n) is 7.08. The Kier molecular flexibility index (Phi) is 5.31. The third-order valence-corrected chi connectivity index (χ3v) is 4.01. The van der Waals surface area contributed by atoms with Crippen LogP contribution in [0.1, 0.15) is 37.3 Å². The second-order valence-electron chi connectivity index (χ2n) is 5.23. The normalized spacial score (nSPS) is 23.0. The molecule has 1 aliphatic rings. The van der Waals surface area contributed by atoms with Crippen molar-refractivity contribution in [3.05, 3.63) is 35.6 Å². The number of aliphatic hydroxyl groups excluding tert-OH is 1. The van der Waals surface area contributed by atoms with Crippen LogP contribution < -0.4 is 5.73 Å². The summed E-state index contributed by atoms with van der Waals surface area (Å²) in [7, 11) is 0. The molecule has 3 N–H and O–H groups in total. The lowest BCUT2D eigenvalue weighted by molar-refractivity contribution is 0.0870. The summed E-state index contributed by atoms with van der Waals surface area (Å²) in [6, 6.07) is 6.78. The lowest BCUT2D eigenvalue weighted by Gasteiger charge is -2.36. The topological polar surface area (TPSA) is 49.5 Å². The SMILES string of the molecule is NCC(c1ccc(F)cc1)N1CCCCCC1CO. The second-order valence-corrected chi connectivity index (χ2v) is 5.23. The Morgan fingerprint density at radius 2 is 2.00 bits per heavy atom. The minimum absolute atomic E-state index is 0.0656. The number of rotatable bonds is 4. The second kappa shape index (κ2) is 6.98. The number of hydrogen-bond donors (Lipinski definition) is 2. The zero-order valence-electron chi connectivity index (χ0n) is 11.3. The largest absolute Gasteiger partial charge is 0.395 e. The van der Waals surface area contributed by atoms with E-state index in [0.717, 1.165) is 31.4 Å². The smallest absolute Gasteiger partial charge is 0.123 e. The summed E-state index contributed by atoms with van der Waals surface area (Å²) in [6.45, 7) is 1.60. The molecule has 0 radical (unpaired) electrons. The number of aliphatic hydroxyl groups is 1. The highest BCUT2D eigenvalue weighted by molar-refractivity contribution is 5.20. The fraction of sp³-hybridized carbons (Fsp3) is 0.600. The molecule has 4 heteroatoms. The number of hydrogen-bond acceptors (Lipinski definition) is 3. The van der Waals surface area contributed by atoms with Gasteiger partial charge in [-0.05, 0) is 37.1 Å². The molecule has 2 unspecified atom stereocenters. The molecular weight excluding hydrogens is 243 g/mol. The Balaban J connectivity index is 2.20. The summed E-state index contributed by atoms with van der Waals surface area (Å²) in [4.78, 5) is 2.29. The van der Waals surface area contributed by atoms with Crippen molar-refractivity contribution in [1.29, 1.82) is 0 Å². The van der Waals surface area contributed by atoms with E-state index in [0.29, 0.717) is 6.54 Å². The number of likely N-dealkylation sites (tertiary alicyclic amines) is 1. The van der Waals surface area contributed by atoms with Gasteiger partial charge >= 0.3 is 0 Å². The molecule has 0 bridgehead atoms. The van der Waals surface area contributed by atoms with Crippen LogP contribution in [0.3, 0.4) is 0 Å². The van der Waals surface area contributed by atoms with Gasteiger partial charge in [0.25, 0.3) is 0 Å². The predicted molar refractivity (Wildman–Crippen MR) is 74.2 cm³/mol. The van der Waals surface area contributed by atoms with Gasteiger partial charge in [0.2, 0.25) is 0 Å². The summed E-state index contributed by atoms with van der Waals surface area (Å²) in [5.41, 5.74) is 6.96. The van der Waals surface area contributed by atoms with Crippen molar-refractivity contribution in [3.8, 4) is 0 Å². The molecule has 1 aromatic carbocycles. The number of nitrogens with two attached hydrogens (primary N) is 1. The first kappa shape index (κ1) is 14.4. The molecular formula is C15H23FN2O. The van der Waals surface area contributed by atoms with E-state index in [1.807, 2.05) is 0 Å². The Morgan fingerprint density at radius 1 is 1.26 bits per heavy atom. The van der Waals surface area contributed by atoms with Gasteiger partial charge in [0.1, 0.15) is 5.82 Å². The molecule has 2 rings (SSSR count). The van der Waals surface area contributed by atoms with Crippen LogP contribution in [0.4, 0.5) is 4.39 Å². The third-order valence-electron chi connectivity index (χ3n) is 4.01. The highest BCUT2D eigenvalue weighted by atomic mass is 19.1. The molecule has 1 aromatic rings. The summed E-state index contributed by atoms with van der Waals surface area (Å²) in [5.74, 6) is -0.228. The lowest BCUT2D eigenvalue weighted by Crippen LogP contribution is -2.43. The quantitative estimate of drug-likeness (QED) is 0.877. The van der Waals surface area contributed by atoms with Crippen LogP contribution in [0.2, 0.25) is 0 Å². The molecule has 3 nitrogen and oxygen atoms in total. The van der Waals surface area contributed by atoms with Gasteiger partial charge in [-0.3, -0.25) is 4.90 Å². The maximum absolute atomic E-state index is 13.0. The van der Waals surface area contributed by atoms with E-state index in [4.69, 9.17) is 5.73 Å². The Bertz CT molecular complexity index is 382. The van der Waals surface area contributed by atoms with Crippen LogP contribution in [0.25, 0.3) is 0 Å². The summed E-state index contributed by atoms with van der Waals surface area (Å²) < 4.78 is 13.0. The van der Waals surface area contributed by atoms with Crippen molar-refractivity contribution in [1.82, 2.24) is 4.90 Å². The molecule has 1 fully saturated rings. The van der Waals surface area contributed by atoms with E-state index in [9.17, 15) is 9.50 Å². The van der Waals surface area contributed by atoms with Gasteiger partial charge in [0, 0.05) is 18.6 Å². The van der Waals surface area contributed by atoms with Crippen molar-refractivity contribution >= 4 is 0 Å². The van der Waals surface area contributed by atoms with E-state index < -0.39 is 0 Å². The van der Waals surface area contributed by atoms with Crippen LogP contribution >= 0.6 is 0 Å². The monoisotopic (exact) mass is 266 g/mol. The summed E-state index contributed by atoms with van der Waals surface area (Å²) >= 11 is 0. The molecule has 19 heavy (non-hydrogen) atoms. The minimum atomic E-state index is -0.228. The van der Waals surface area contributed by atoms with Gasteiger partial charge in [-0.2, -0.15) is 0 Å². The van der Waals surface area contributed by atoms with Crippen molar-refractivity contribution in [2.75, 3.05) is 19.7 Å². The van der Waals surface area contributed by atoms with E-state index in [2.05, 4.69) is 4.90 Å². The Labute approximate surface area is 114 Å². The first-order valence-corrected chi connectivity index (χ1v) is 7.08. The lowest BCUT2D eigenvalue weighted by atomic mass is 10.0. The Morgan fingerprint density at radius 3 is 2.63 bits per heavy atom. The number of nitrogens with zero attached hydrogens (tertiary/aromatic N) is 1. The standard InChI is InChI=1S/C15H23FN2O/c16-13-7-5-12(6-8-13)15(10-17)18-9-3-1-2-4-14(18)11-19/h5-8,14-15,19H,1-4,9-11,17H2. The van der Waals surface area contributed by atoms with Gasteiger partial charge < -0.3 is 10.8 Å². The van der Waals surface area contributed by atoms with Crippen LogP contribution in [0.15, 0.2) is 24.3 Å². The summed E-state index contributed by atoms with van der Waals surface area (Å²) in [5, 5.41) is 9.58. The third kappa shape index (κ3) is 3.53. The number of halogens is 1. The highest BCUT2D eigenvalue weighted by Gasteiger charge is 2.27. The van der Waals surface area contributed by atoms with E-state index in [1.165, 1.54) is 18.6 Å². The van der Waals surface area contributed by atoms with Gasteiger partial charge in [0.15, 0.2) is 0 Å². The molecule has 106 valence electrons. The maximum atomic E-state index is 13.0. The molecule has 2 atom stereocenters. The van der Waals surface area contributed by atoms with Crippen LogP contribution in [-0.4, -0.2) is 35.7 Å². The van der Waals surface area contributed by atoms with Gasteiger partial charge in [-0.1, -0.05) is 25.0 Å². The molecule has 0 saturated carbocycles. The minimum Gasteiger partial charge on any atom is -0.395 e. The van der Waals surface area contributed by atoms with E-state index in [1.54, 1.807) is 12.1 Å². The van der Waals surface area contributed by atoms with Crippen molar-refractivity contribution in [2.45, 2.75) is 37.8 Å². The zero-order chi connectivity index (χ0) is 13.7. The van der Waals surface area contributed by atoms with E-state index in [-0.39, 0.29) is 24.5 Å². The van der Waals surface area contributed by atoms with Gasteiger partial charge in [0.05, 0.1) is 6.61 Å². The molecule has 1 saturated heterocycles. The fourth-order valence-electron chi connectivity index (χ4n) is 2.95. The molecule has 1 aliphatic heterocycles. The summed E-state index contributed by atoms with van der Waals surface area (Å²) in [6.07, 6.45) is 4.50. The molecule has 0 aliphatic carbocycles. The average Bonchev–Trinajstić information content (AvgIpc) is 2.67. The van der Waals surface area contributed by atoms with Crippen molar-refractivity contribution < 1.29 is 9.50 Å². The van der Waals surface area contributed by atoms with Crippen LogP contribution in [0, 0.1) is 5.82 Å². The molecule has 0 aromatic heterocycles. The first-order chi connectivity index (χ1) is 9.26. The average molecular weight is 266 g/mol. The molecule has 1 heterocycles. The van der Waals surface area contributed by atoms with E-state index >= 15 is 0 Å².